The molecule has 0 unspecified atom stereocenters. The molecule has 4 aromatic rings. The number of carbonyl (C=O) groups excluding carboxylic acids is 1. The number of hydrogen-bond donors (Lipinski definition) is 4. The van der Waals surface area contributed by atoms with Crippen LogP contribution in [0.1, 0.15) is 10.5 Å². The van der Waals surface area contributed by atoms with E-state index < -0.39 is 18.6 Å². The van der Waals surface area contributed by atoms with Crippen LogP contribution in [0.3, 0.4) is 0 Å². The first-order valence-electron chi connectivity index (χ1n) is 9.97. The average Bonchev–Trinajstić information content (AvgIpc) is 2.83. The fourth-order valence-corrected chi connectivity index (χ4v) is 3.60. The Morgan fingerprint density at radius 2 is 1.85 bits per heavy atom. The second kappa shape index (κ2) is 9.99. The van der Waals surface area contributed by atoms with Gasteiger partial charge in [0, 0.05) is 33.9 Å². The molecule has 8 nitrogen and oxygen atoms in total. The zero-order valence-electron chi connectivity index (χ0n) is 17.2. The lowest BCUT2D eigenvalue weighted by molar-refractivity contribution is 0.0799. The molecule has 0 aliphatic carbocycles. The van der Waals surface area contributed by atoms with E-state index in [9.17, 15) is 14.3 Å². The Bertz CT molecular complexity index is 1300. The molecular weight excluding hydrogens is 493 g/mol. The molecule has 2 heterocycles. The number of nitrogens with one attached hydrogen (secondary N) is 2. The predicted molar refractivity (Wildman–Crippen MR) is 126 cm³/mol. The fourth-order valence-electron chi connectivity index (χ4n) is 3.10. The highest BCUT2D eigenvalue weighted by atomic mass is 79.9. The van der Waals surface area contributed by atoms with Gasteiger partial charge in [-0.1, -0.05) is 34.1 Å². The van der Waals surface area contributed by atoms with Crippen LogP contribution in [-0.2, 0) is 0 Å². The van der Waals surface area contributed by atoms with Crippen LogP contribution in [0.2, 0.25) is 0 Å². The lowest BCUT2D eigenvalue weighted by Crippen LogP contribution is -2.34. The van der Waals surface area contributed by atoms with E-state index in [1.54, 1.807) is 24.4 Å². The summed E-state index contributed by atoms with van der Waals surface area (Å²) in [6, 6.07) is 14.9. The quantitative estimate of drug-likeness (QED) is 0.300. The highest BCUT2D eigenvalue weighted by Gasteiger charge is 2.19. The Morgan fingerprint density at radius 1 is 1.09 bits per heavy atom. The Morgan fingerprint density at radius 3 is 2.58 bits per heavy atom. The van der Waals surface area contributed by atoms with Gasteiger partial charge in [-0.05, 0) is 42.0 Å². The Kier molecular flexibility index (Phi) is 6.87. The summed E-state index contributed by atoms with van der Waals surface area (Å²) in [5.74, 6) is -0.651. The molecule has 1 atom stereocenters. The van der Waals surface area contributed by atoms with Crippen molar-refractivity contribution in [2.45, 2.75) is 6.10 Å². The molecule has 1 amide bonds. The second-order valence-corrected chi connectivity index (χ2v) is 8.00. The van der Waals surface area contributed by atoms with E-state index in [0.29, 0.717) is 16.6 Å². The number of aliphatic hydroxyl groups is 2. The maximum absolute atomic E-state index is 13.2. The summed E-state index contributed by atoms with van der Waals surface area (Å²) in [7, 11) is 0. The lowest BCUT2D eigenvalue weighted by Gasteiger charge is -2.14. The molecule has 4 rings (SSSR count). The summed E-state index contributed by atoms with van der Waals surface area (Å²) >= 11 is 3.51. The number of benzene rings is 2. The Labute approximate surface area is 196 Å². The van der Waals surface area contributed by atoms with E-state index in [4.69, 9.17) is 5.11 Å². The van der Waals surface area contributed by atoms with Gasteiger partial charge < -0.3 is 20.8 Å². The van der Waals surface area contributed by atoms with Crippen molar-refractivity contribution in [3.05, 3.63) is 76.8 Å². The second-order valence-electron chi connectivity index (χ2n) is 7.15. The first kappa shape index (κ1) is 22.7. The topological polar surface area (TPSA) is 120 Å². The number of rotatable bonds is 7. The number of aromatic nitrogens is 3. The van der Waals surface area contributed by atoms with Crippen molar-refractivity contribution in [2.75, 3.05) is 18.5 Å². The molecule has 2 aromatic carbocycles. The molecule has 0 radical (unpaired) electrons. The molecule has 0 bridgehead atoms. The van der Waals surface area contributed by atoms with Crippen molar-refractivity contribution in [1.82, 2.24) is 20.3 Å². The van der Waals surface area contributed by atoms with Crippen LogP contribution in [0.15, 0.2) is 65.3 Å². The van der Waals surface area contributed by atoms with Gasteiger partial charge in [0.15, 0.2) is 5.65 Å². The zero-order chi connectivity index (χ0) is 23.4. The van der Waals surface area contributed by atoms with Crippen molar-refractivity contribution in [2.24, 2.45) is 0 Å². The van der Waals surface area contributed by atoms with Crippen LogP contribution in [-0.4, -0.2) is 50.3 Å². The summed E-state index contributed by atoms with van der Waals surface area (Å²) in [6.07, 6.45) is 0.494. The standard InChI is InChI=1S/C23H19BrFN5O3/c24-19-4-2-1-3-17(19)18-9-13-10-27-23(28-15-7-5-14(25)6-8-15)30-21(13)29-20(18)22(33)26-11-16(32)12-31/h1-10,16,31-32H,11-12H2,(H,26,33)(H,27,28,29,30)/t16-/m0/s1. The van der Waals surface area contributed by atoms with Gasteiger partial charge >= 0.3 is 0 Å². The number of aliphatic hydroxyl groups excluding tert-OH is 2. The van der Waals surface area contributed by atoms with Crippen LogP contribution in [0.4, 0.5) is 16.0 Å². The van der Waals surface area contributed by atoms with Crippen LogP contribution in [0.5, 0.6) is 0 Å². The van der Waals surface area contributed by atoms with Crippen molar-refractivity contribution in [3.8, 4) is 11.1 Å². The third-order valence-electron chi connectivity index (χ3n) is 4.76. The van der Waals surface area contributed by atoms with Gasteiger partial charge in [-0.25, -0.2) is 14.4 Å². The minimum absolute atomic E-state index is 0.103. The normalized spacial score (nSPS) is 11.9. The number of carbonyl (C=O) groups is 1. The molecule has 2 aromatic heterocycles. The van der Waals surface area contributed by atoms with Crippen molar-refractivity contribution < 1.29 is 19.4 Å². The Hall–Kier alpha value is -3.47. The molecule has 0 aliphatic heterocycles. The summed E-state index contributed by atoms with van der Waals surface area (Å²) < 4.78 is 13.9. The van der Waals surface area contributed by atoms with Crippen LogP contribution >= 0.6 is 15.9 Å². The van der Waals surface area contributed by atoms with E-state index in [1.807, 2.05) is 24.3 Å². The average molecular weight is 512 g/mol. The molecule has 0 fully saturated rings. The molecule has 0 spiro atoms. The summed E-state index contributed by atoms with van der Waals surface area (Å²) in [6.45, 7) is -0.611. The molecule has 0 saturated heterocycles. The molecule has 10 heteroatoms. The van der Waals surface area contributed by atoms with Gasteiger partial charge in [-0.3, -0.25) is 4.79 Å². The minimum Gasteiger partial charge on any atom is -0.394 e. The van der Waals surface area contributed by atoms with E-state index >= 15 is 0 Å². The third kappa shape index (κ3) is 5.30. The third-order valence-corrected chi connectivity index (χ3v) is 5.45. The van der Waals surface area contributed by atoms with Crippen LogP contribution in [0, 0.1) is 5.82 Å². The Balaban J connectivity index is 1.76. The molecule has 4 N–H and O–H groups in total. The minimum atomic E-state index is -1.09. The van der Waals surface area contributed by atoms with Gasteiger partial charge in [0.05, 0.1) is 12.7 Å². The predicted octanol–water partition coefficient (Wildman–Crippen LogP) is 3.42. The van der Waals surface area contributed by atoms with Crippen LogP contribution < -0.4 is 10.6 Å². The largest absolute Gasteiger partial charge is 0.394 e. The summed E-state index contributed by atoms with van der Waals surface area (Å²) in [4.78, 5) is 26.1. The molecular formula is C23H19BrFN5O3. The number of amides is 1. The van der Waals surface area contributed by atoms with Gasteiger partial charge in [-0.15, -0.1) is 0 Å². The first-order valence-corrected chi connectivity index (χ1v) is 10.8. The SMILES string of the molecule is O=C(NC[C@H](O)CO)c1nc2nc(Nc3ccc(F)cc3)ncc2cc1-c1ccccc1Br. The van der Waals surface area contributed by atoms with Crippen molar-refractivity contribution in [3.63, 3.8) is 0 Å². The number of nitrogens with zero attached hydrogens (tertiary/aromatic N) is 3. The number of hydrogen-bond acceptors (Lipinski definition) is 7. The number of halogens is 2. The molecule has 0 saturated carbocycles. The molecule has 0 aliphatic rings. The fraction of sp³-hybridized carbons (Fsp3) is 0.130. The van der Waals surface area contributed by atoms with E-state index in [0.717, 1.165) is 10.0 Å². The molecule has 33 heavy (non-hydrogen) atoms. The lowest BCUT2D eigenvalue weighted by atomic mass is 10.0. The van der Waals surface area contributed by atoms with E-state index in [1.165, 1.54) is 12.1 Å². The first-order chi connectivity index (χ1) is 15.9. The van der Waals surface area contributed by atoms with Gasteiger partial charge in [0.25, 0.3) is 5.91 Å². The van der Waals surface area contributed by atoms with Gasteiger partial charge in [0.2, 0.25) is 5.95 Å². The smallest absolute Gasteiger partial charge is 0.270 e. The number of anilines is 2. The van der Waals surface area contributed by atoms with E-state index in [-0.39, 0.29) is 29.7 Å². The highest BCUT2D eigenvalue weighted by Crippen LogP contribution is 2.32. The van der Waals surface area contributed by atoms with E-state index in [2.05, 4.69) is 41.5 Å². The summed E-state index contributed by atoms with van der Waals surface area (Å²) in [5.41, 5.74) is 2.27. The summed E-state index contributed by atoms with van der Waals surface area (Å²) in [5, 5.41) is 24.8. The van der Waals surface area contributed by atoms with Crippen molar-refractivity contribution >= 4 is 44.5 Å². The van der Waals surface area contributed by atoms with Crippen LogP contribution in [0.25, 0.3) is 22.2 Å². The van der Waals surface area contributed by atoms with Gasteiger partial charge in [-0.2, -0.15) is 4.98 Å². The van der Waals surface area contributed by atoms with Gasteiger partial charge in [0.1, 0.15) is 11.5 Å². The maximum Gasteiger partial charge on any atom is 0.270 e. The van der Waals surface area contributed by atoms with Crippen molar-refractivity contribution in [1.29, 1.82) is 0 Å². The number of pyridine rings is 1. The maximum atomic E-state index is 13.2. The zero-order valence-corrected chi connectivity index (χ0v) is 18.8. The monoisotopic (exact) mass is 511 g/mol. The number of fused-ring (bicyclic) bond motifs is 1. The molecule has 168 valence electrons. The highest BCUT2D eigenvalue weighted by molar-refractivity contribution is 9.10.